The van der Waals surface area contributed by atoms with Crippen molar-refractivity contribution in [2.45, 2.75) is 26.2 Å². The molecule has 2 aliphatic rings. The fourth-order valence-electron chi connectivity index (χ4n) is 2.14. The Morgan fingerprint density at radius 3 is 3.10 bits per heavy atom. The number of fused-ring (bicyclic) bond motifs is 1. The predicted octanol–water partition coefficient (Wildman–Crippen LogP) is 2.92. The van der Waals surface area contributed by atoms with Crippen molar-refractivity contribution in [3.63, 3.8) is 0 Å². The lowest BCUT2D eigenvalue weighted by Crippen LogP contribution is -1.99. The van der Waals surface area contributed by atoms with Gasteiger partial charge in [-0.05, 0) is 31.1 Å². The molecule has 0 aromatic rings. The lowest BCUT2D eigenvalue weighted by molar-refractivity contribution is 0.691. The van der Waals surface area contributed by atoms with E-state index in [1.165, 1.54) is 19.3 Å². The van der Waals surface area contributed by atoms with Crippen LogP contribution in [0.2, 0.25) is 0 Å². The van der Waals surface area contributed by atoms with Crippen LogP contribution in [0.5, 0.6) is 0 Å². The van der Waals surface area contributed by atoms with Crippen LogP contribution in [0, 0.1) is 11.8 Å². The van der Waals surface area contributed by atoms with Crippen LogP contribution in [0.15, 0.2) is 23.8 Å². The Hall–Kier alpha value is -0.520. The first-order chi connectivity index (χ1) is 4.88. The van der Waals surface area contributed by atoms with Crippen molar-refractivity contribution in [1.82, 2.24) is 0 Å². The Bertz CT molecular complexity index is 186. The maximum Gasteiger partial charge on any atom is -0.00202 e. The smallest absolute Gasteiger partial charge is 0.00202 e. The standard InChI is InChI=1S/C10H14/c1-8-6-7-9-4-2-3-5-10(8)9/h2,4-5,8-9H,3,6-7H2,1H3. The summed E-state index contributed by atoms with van der Waals surface area (Å²) < 4.78 is 0. The lowest BCUT2D eigenvalue weighted by atomic mass is 9.93. The third-order valence-electron chi connectivity index (χ3n) is 2.77. The zero-order valence-electron chi connectivity index (χ0n) is 6.51. The average Bonchev–Trinajstić information content (AvgIpc) is 2.34. The maximum absolute atomic E-state index is 2.42. The van der Waals surface area contributed by atoms with Crippen LogP contribution < -0.4 is 0 Å². The predicted molar refractivity (Wildman–Crippen MR) is 43.7 cm³/mol. The molecule has 54 valence electrons. The Balaban J connectivity index is 2.24. The summed E-state index contributed by atoms with van der Waals surface area (Å²) in [4.78, 5) is 0. The first-order valence-electron chi connectivity index (χ1n) is 4.24. The summed E-state index contributed by atoms with van der Waals surface area (Å²) in [7, 11) is 0. The molecular weight excluding hydrogens is 120 g/mol. The molecule has 0 nitrogen and oxygen atoms in total. The van der Waals surface area contributed by atoms with Crippen molar-refractivity contribution < 1.29 is 0 Å². The van der Waals surface area contributed by atoms with Crippen LogP contribution in [0.1, 0.15) is 26.2 Å². The molecule has 1 saturated carbocycles. The van der Waals surface area contributed by atoms with Gasteiger partial charge in [-0.15, -0.1) is 0 Å². The van der Waals surface area contributed by atoms with E-state index in [-0.39, 0.29) is 0 Å². The molecule has 10 heavy (non-hydrogen) atoms. The van der Waals surface area contributed by atoms with Crippen LogP contribution in [0.4, 0.5) is 0 Å². The molecule has 0 bridgehead atoms. The van der Waals surface area contributed by atoms with E-state index >= 15 is 0 Å². The van der Waals surface area contributed by atoms with E-state index < -0.39 is 0 Å². The molecule has 0 amide bonds. The van der Waals surface area contributed by atoms with Crippen LogP contribution in [0.3, 0.4) is 0 Å². The molecule has 2 aliphatic carbocycles. The molecule has 2 atom stereocenters. The molecule has 0 spiro atoms. The van der Waals surface area contributed by atoms with Gasteiger partial charge in [0, 0.05) is 0 Å². The molecule has 0 saturated heterocycles. The highest BCUT2D eigenvalue weighted by Gasteiger charge is 2.25. The van der Waals surface area contributed by atoms with Gasteiger partial charge in [-0.1, -0.05) is 30.7 Å². The highest BCUT2D eigenvalue weighted by atomic mass is 14.3. The van der Waals surface area contributed by atoms with Gasteiger partial charge < -0.3 is 0 Å². The largest absolute Gasteiger partial charge is 0.0841 e. The Morgan fingerprint density at radius 1 is 1.40 bits per heavy atom. The van der Waals surface area contributed by atoms with Crippen molar-refractivity contribution in [3.05, 3.63) is 23.8 Å². The SMILES string of the molecule is CC1CCC2C=CCC=C12. The highest BCUT2D eigenvalue weighted by Crippen LogP contribution is 2.38. The van der Waals surface area contributed by atoms with Gasteiger partial charge in [-0.2, -0.15) is 0 Å². The molecule has 0 aromatic heterocycles. The lowest BCUT2D eigenvalue weighted by Gasteiger charge is -2.13. The second-order valence-electron chi connectivity index (χ2n) is 3.45. The van der Waals surface area contributed by atoms with Gasteiger partial charge in [-0.3, -0.25) is 0 Å². The van der Waals surface area contributed by atoms with Gasteiger partial charge in [-0.25, -0.2) is 0 Å². The first-order valence-corrected chi connectivity index (χ1v) is 4.24. The third-order valence-corrected chi connectivity index (χ3v) is 2.77. The van der Waals surface area contributed by atoms with Crippen LogP contribution >= 0.6 is 0 Å². The first kappa shape index (κ1) is 6.21. The van der Waals surface area contributed by atoms with Gasteiger partial charge in [0.2, 0.25) is 0 Å². The molecule has 2 unspecified atom stereocenters. The Kier molecular flexibility index (Phi) is 1.40. The number of hydrogen-bond acceptors (Lipinski definition) is 0. The maximum atomic E-state index is 2.42. The summed E-state index contributed by atoms with van der Waals surface area (Å²) in [6.07, 6.45) is 11.1. The van der Waals surface area contributed by atoms with Crippen molar-refractivity contribution in [1.29, 1.82) is 0 Å². The fourth-order valence-corrected chi connectivity index (χ4v) is 2.14. The Morgan fingerprint density at radius 2 is 2.30 bits per heavy atom. The number of allylic oxidation sites excluding steroid dienone is 4. The van der Waals surface area contributed by atoms with E-state index in [0.29, 0.717) is 0 Å². The molecule has 0 radical (unpaired) electrons. The summed E-state index contributed by atoms with van der Waals surface area (Å²) in [5.74, 6) is 1.69. The normalized spacial score (nSPS) is 37.5. The average molecular weight is 134 g/mol. The van der Waals surface area contributed by atoms with E-state index in [1.807, 2.05) is 0 Å². The molecular formula is C10H14. The third kappa shape index (κ3) is 0.828. The van der Waals surface area contributed by atoms with E-state index in [4.69, 9.17) is 0 Å². The van der Waals surface area contributed by atoms with Crippen molar-refractivity contribution in [2.75, 3.05) is 0 Å². The van der Waals surface area contributed by atoms with E-state index in [2.05, 4.69) is 25.2 Å². The zero-order chi connectivity index (χ0) is 6.97. The highest BCUT2D eigenvalue weighted by molar-refractivity contribution is 5.24. The molecule has 2 rings (SSSR count). The van der Waals surface area contributed by atoms with Gasteiger partial charge in [0.15, 0.2) is 0 Å². The summed E-state index contributed by atoms with van der Waals surface area (Å²) in [6.45, 7) is 2.35. The minimum Gasteiger partial charge on any atom is -0.0841 e. The second kappa shape index (κ2) is 2.26. The van der Waals surface area contributed by atoms with Crippen LogP contribution in [0.25, 0.3) is 0 Å². The quantitative estimate of drug-likeness (QED) is 0.447. The summed E-state index contributed by atoms with van der Waals surface area (Å²) in [5.41, 5.74) is 1.71. The molecule has 0 aliphatic heterocycles. The van der Waals surface area contributed by atoms with E-state index in [1.54, 1.807) is 5.57 Å². The molecule has 0 heterocycles. The molecule has 0 heteroatoms. The van der Waals surface area contributed by atoms with Crippen LogP contribution in [-0.2, 0) is 0 Å². The molecule has 0 N–H and O–H groups in total. The summed E-state index contributed by atoms with van der Waals surface area (Å²) in [6, 6.07) is 0. The van der Waals surface area contributed by atoms with E-state index in [0.717, 1.165) is 11.8 Å². The minimum absolute atomic E-state index is 0.823. The van der Waals surface area contributed by atoms with Gasteiger partial charge in [0.1, 0.15) is 0 Å². The number of rotatable bonds is 0. The fraction of sp³-hybridized carbons (Fsp3) is 0.600. The zero-order valence-corrected chi connectivity index (χ0v) is 6.51. The minimum atomic E-state index is 0.823. The van der Waals surface area contributed by atoms with Gasteiger partial charge in [0.05, 0.1) is 0 Å². The van der Waals surface area contributed by atoms with E-state index in [9.17, 15) is 0 Å². The topological polar surface area (TPSA) is 0 Å². The van der Waals surface area contributed by atoms with Gasteiger partial charge >= 0.3 is 0 Å². The van der Waals surface area contributed by atoms with Crippen molar-refractivity contribution in [2.24, 2.45) is 11.8 Å². The Labute approximate surface area is 62.6 Å². The monoisotopic (exact) mass is 134 g/mol. The molecule has 0 aromatic carbocycles. The summed E-state index contributed by atoms with van der Waals surface area (Å²) >= 11 is 0. The van der Waals surface area contributed by atoms with Crippen molar-refractivity contribution in [3.8, 4) is 0 Å². The summed E-state index contributed by atoms with van der Waals surface area (Å²) in [5, 5.41) is 0. The second-order valence-corrected chi connectivity index (χ2v) is 3.45. The number of hydrogen-bond donors (Lipinski definition) is 0. The van der Waals surface area contributed by atoms with Gasteiger partial charge in [0.25, 0.3) is 0 Å². The molecule has 1 fully saturated rings. The van der Waals surface area contributed by atoms with Crippen molar-refractivity contribution >= 4 is 0 Å². The van der Waals surface area contributed by atoms with Crippen LogP contribution in [-0.4, -0.2) is 0 Å².